The zero-order valence-electron chi connectivity index (χ0n) is 15.1. The monoisotopic (exact) mass is 507 g/mol. The zero-order valence-corrected chi connectivity index (χ0v) is 19.0. The van der Waals surface area contributed by atoms with Crippen molar-refractivity contribution in [3.63, 3.8) is 0 Å². The summed E-state index contributed by atoms with van der Waals surface area (Å²) in [7, 11) is -3.22. The fraction of sp³-hybridized carbons (Fsp3) is 0.389. The van der Waals surface area contributed by atoms with Crippen molar-refractivity contribution in [1.82, 2.24) is 10.6 Å². The van der Waals surface area contributed by atoms with Crippen LogP contribution in [0.1, 0.15) is 23.1 Å². The molecule has 0 amide bonds. The van der Waals surface area contributed by atoms with Gasteiger partial charge in [-0.05, 0) is 44.5 Å². The van der Waals surface area contributed by atoms with Crippen LogP contribution in [0, 0.1) is 6.92 Å². The van der Waals surface area contributed by atoms with Crippen molar-refractivity contribution >= 4 is 51.1 Å². The summed E-state index contributed by atoms with van der Waals surface area (Å²) in [6, 6.07) is 12.7. The average Bonchev–Trinajstić information content (AvgIpc) is 3.02. The molecule has 2 aromatic rings. The SMILES string of the molecule is CCNC(=NCc1ccc(C)s1)NCCCS(=O)(=O)c1ccccc1.I. The molecule has 0 bridgehead atoms. The van der Waals surface area contributed by atoms with Gasteiger partial charge in [0.05, 0.1) is 17.2 Å². The molecular formula is C18H26IN3O2S2. The molecular weight excluding hydrogens is 481 g/mol. The van der Waals surface area contributed by atoms with E-state index in [4.69, 9.17) is 0 Å². The fourth-order valence-corrected chi connectivity index (χ4v) is 4.43. The van der Waals surface area contributed by atoms with Gasteiger partial charge in [0.2, 0.25) is 0 Å². The van der Waals surface area contributed by atoms with Crippen LogP contribution in [-0.2, 0) is 16.4 Å². The maximum atomic E-state index is 12.2. The molecule has 0 saturated heterocycles. The lowest BCUT2D eigenvalue weighted by Gasteiger charge is -2.11. The van der Waals surface area contributed by atoms with E-state index in [9.17, 15) is 8.42 Å². The number of rotatable bonds is 8. The van der Waals surface area contributed by atoms with Gasteiger partial charge in [-0.25, -0.2) is 13.4 Å². The Kier molecular flexibility index (Phi) is 10.2. The lowest BCUT2D eigenvalue weighted by atomic mass is 10.4. The number of hydrogen-bond donors (Lipinski definition) is 2. The molecule has 1 heterocycles. The molecule has 0 aliphatic carbocycles. The van der Waals surface area contributed by atoms with Gasteiger partial charge in [0.15, 0.2) is 15.8 Å². The van der Waals surface area contributed by atoms with Crippen molar-refractivity contribution in [2.45, 2.75) is 31.7 Å². The molecule has 0 unspecified atom stereocenters. The summed E-state index contributed by atoms with van der Waals surface area (Å²) in [5.41, 5.74) is 0. The van der Waals surface area contributed by atoms with E-state index in [0.717, 1.165) is 6.54 Å². The molecule has 0 saturated carbocycles. The summed E-state index contributed by atoms with van der Waals surface area (Å²) in [5.74, 6) is 0.832. The number of nitrogens with one attached hydrogen (secondary N) is 2. The zero-order chi connectivity index (χ0) is 18.1. The maximum absolute atomic E-state index is 12.2. The van der Waals surface area contributed by atoms with Crippen molar-refractivity contribution in [3.8, 4) is 0 Å². The minimum absolute atomic E-state index is 0. The normalized spacial score (nSPS) is 11.7. The molecule has 0 spiro atoms. The molecule has 8 heteroatoms. The number of thiophene rings is 1. The quantitative estimate of drug-likeness (QED) is 0.248. The first-order valence-corrected chi connectivity index (χ1v) is 10.8. The molecule has 2 rings (SSSR count). The van der Waals surface area contributed by atoms with E-state index in [2.05, 4.69) is 34.7 Å². The molecule has 0 atom stereocenters. The fourth-order valence-electron chi connectivity index (χ4n) is 2.28. The second-order valence-electron chi connectivity index (χ2n) is 5.62. The highest BCUT2D eigenvalue weighted by Gasteiger charge is 2.13. The Labute approximate surface area is 177 Å². The molecule has 1 aromatic carbocycles. The van der Waals surface area contributed by atoms with E-state index >= 15 is 0 Å². The summed E-state index contributed by atoms with van der Waals surface area (Å²) >= 11 is 1.74. The third-order valence-electron chi connectivity index (χ3n) is 3.52. The first-order chi connectivity index (χ1) is 12.0. The number of hydrogen-bond acceptors (Lipinski definition) is 4. The van der Waals surface area contributed by atoms with Crippen molar-refractivity contribution in [2.75, 3.05) is 18.8 Å². The van der Waals surface area contributed by atoms with Gasteiger partial charge in [0, 0.05) is 22.8 Å². The summed E-state index contributed by atoms with van der Waals surface area (Å²) in [5, 5.41) is 6.38. The van der Waals surface area contributed by atoms with Gasteiger partial charge in [-0.15, -0.1) is 35.3 Å². The topological polar surface area (TPSA) is 70.6 Å². The van der Waals surface area contributed by atoms with E-state index in [-0.39, 0.29) is 29.7 Å². The van der Waals surface area contributed by atoms with E-state index in [1.165, 1.54) is 9.75 Å². The standard InChI is InChI=1S/C18H25N3O2S2.HI/c1-3-19-18(21-14-16-11-10-15(2)24-16)20-12-7-13-25(22,23)17-8-5-4-6-9-17;/h4-6,8-11H,3,7,12-14H2,1-2H3,(H2,19,20,21);1H. The van der Waals surface area contributed by atoms with Crippen molar-refractivity contribution < 1.29 is 8.42 Å². The number of nitrogens with zero attached hydrogens (tertiary/aromatic N) is 1. The van der Waals surface area contributed by atoms with Crippen LogP contribution in [0.3, 0.4) is 0 Å². The second kappa shape index (κ2) is 11.6. The third-order valence-corrected chi connectivity index (χ3v) is 6.32. The van der Waals surface area contributed by atoms with Crippen molar-refractivity contribution in [1.29, 1.82) is 0 Å². The van der Waals surface area contributed by atoms with Gasteiger partial charge < -0.3 is 10.6 Å². The first kappa shape index (κ1) is 22.9. The van der Waals surface area contributed by atoms with Crippen LogP contribution in [0.15, 0.2) is 52.4 Å². The van der Waals surface area contributed by atoms with Gasteiger partial charge in [-0.1, -0.05) is 18.2 Å². The van der Waals surface area contributed by atoms with Gasteiger partial charge >= 0.3 is 0 Å². The van der Waals surface area contributed by atoms with Crippen LogP contribution in [0.25, 0.3) is 0 Å². The van der Waals surface area contributed by atoms with Gasteiger partial charge in [0.1, 0.15) is 0 Å². The number of aliphatic imine (C=N–C) groups is 1. The highest BCUT2D eigenvalue weighted by molar-refractivity contribution is 14.0. The Bertz CT molecular complexity index is 790. The largest absolute Gasteiger partial charge is 0.357 e. The molecule has 0 aliphatic rings. The van der Waals surface area contributed by atoms with E-state index in [0.29, 0.717) is 30.4 Å². The van der Waals surface area contributed by atoms with Crippen molar-refractivity contribution in [3.05, 3.63) is 52.2 Å². The van der Waals surface area contributed by atoms with Crippen LogP contribution in [0.5, 0.6) is 0 Å². The van der Waals surface area contributed by atoms with Crippen LogP contribution in [-0.4, -0.2) is 33.2 Å². The molecule has 0 fully saturated rings. The highest BCUT2D eigenvalue weighted by Crippen LogP contribution is 2.15. The Balaban J connectivity index is 0.00000338. The van der Waals surface area contributed by atoms with Crippen LogP contribution in [0.2, 0.25) is 0 Å². The Morgan fingerprint density at radius 3 is 2.46 bits per heavy atom. The highest BCUT2D eigenvalue weighted by atomic mass is 127. The number of guanidine groups is 1. The van der Waals surface area contributed by atoms with E-state index < -0.39 is 9.84 Å². The lowest BCUT2D eigenvalue weighted by Crippen LogP contribution is -2.38. The van der Waals surface area contributed by atoms with E-state index in [1.54, 1.807) is 35.6 Å². The summed E-state index contributed by atoms with van der Waals surface area (Å²) < 4.78 is 24.5. The smallest absolute Gasteiger partial charge is 0.191 e. The predicted octanol–water partition coefficient (Wildman–Crippen LogP) is 3.59. The third kappa shape index (κ3) is 7.63. The minimum atomic E-state index is -3.22. The summed E-state index contributed by atoms with van der Waals surface area (Å²) in [4.78, 5) is 7.41. The first-order valence-electron chi connectivity index (χ1n) is 8.36. The Hall–Kier alpha value is -1.13. The van der Waals surface area contributed by atoms with E-state index in [1.807, 2.05) is 13.0 Å². The Morgan fingerprint density at radius 2 is 1.85 bits per heavy atom. The number of halogens is 1. The number of sulfone groups is 1. The summed E-state index contributed by atoms with van der Waals surface area (Å²) in [6.45, 7) is 6.02. The van der Waals surface area contributed by atoms with Crippen LogP contribution in [0.4, 0.5) is 0 Å². The molecule has 0 radical (unpaired) electrons. The second-order valence-corrected chi connectivity index (χ2v) is 9.10. The minimum Gasteiger partial charge on any atom is -0.357 e. The van der Waals surface area contributed by atoms with Crippen LogP contribution < -0.4 is 10.6 Å². The number of benzene rings is 1. The molecule has 0 aliphatic heterocycles. The summed E-state index contributed by atoms with van der Waals surface area (Å²) in [6.07, 6.45) is 0.528. The molecule has 1 aromatic heterocycles. The van der Waals surface area contributed by atoms with Gasteiger partial charge in [-0.2, -0.15) is 0 Å². The molecule has 2 N–H and O–H groups in total. The van der Waals surface area contributed by atoms with Crippen molar-refractivity contribution in [2.24, 2.45) is 4.99 Å². The predicted molar refractivity (Wildman–Crippen MR) is 120 cm³/mol. The maximum Gasteiger partial charge on any atom is 0.191 e. The van der Waals surface area contributed by atoms with Gasteiger partial charge in [0.25, 0.3) is 0 Å². The average molecular weight is 507 g/mol. The number of aryl methyl sites for hydroxylation is 1. The lowest BCUT2D eigenvalue weighted by molar-refractivity contribution is 0.592. The van der Waals surface area contributed by atoms with Crippen LogP contribution >= 0.6 is 35.3 Å². The molecule has 5 nitrogen and oxygen atoms in total. The van der Waals surface area contributed by atoms with Gasteiger partial charge in [-0.3, -0.25) is 0 Å². The Morgan fingerprint density at radius 1 is 1.12 bits per heavy atom. The molecule has 26 heavy (non-hydrogen) atoms. The molecule has 144 valence electrons.